The van der Waals surface area contributed by atoms with Crippen LogP contribution in [0.3, 0.4) is 0 Å². The van der Waals surface area contributed by atoms with Crippen molar-refractivity contribution in [2.45, 2.75) is 26.7 Å². The molecule has 3 rings (SSSR count). The van der Waals surface area contributed by atoms with E-state index in [1.165, 1.54) is 5.56 Å². The molecule has 2 aromatic heterocycles. The molecule has 0 aliphatic carbocycles. The average Bonchev–Trinajstić information content (AvgIpc) is 2.75. The van der Waals surface area contributed by atoms with E-state index in [1.54, 1.807) is 0 Å². The van der Waals surface area contributed by atoms with Gasteiger partial charge in [-0.2, -0.15) is 0 Å². The van der Waals surface area contributed by atoms with Crippen LogP contribution in [0.25, 0.3) is 11.0 Å². The third-order valence-electron chi connectivity index (χ3n) is 3.28. The fourth-order valence-corrected chi connectivity index (χ4v) is 2.35. The number of pyridine rings is 1. The van der Waals surface area contributed by atoms with Crippen molar-refractivity contribution < 1.29 is 0 Å². The smallest absolute Gasteiger partial charge is 0.104 e. The lowest BCUT2D eigenvalue weighted by Gasteiger charge is -2.02. The van der Waals surface area contributed by atoms with Crippen molar-refractivity contribution in [3.05, 3.63) is 59.2 Å². The normalized spacial score (nSPS) is 11.1. The molecule has 0 fully saturated rings. The molecule has 0 spiro atoms. The van der Waals surface area contributed by atoms with E-state index >= 15 is 0 Å². The van der Waals surface area contributed by atoms with E-state index in [2.05, 4.69) is 45.3 Å². The summed E-state index contributed by atoms with van der Waals surface area (Å²) in [6.45, 7) is 4.01. The molecule has 2 heterocycles. The number of fused-ring (bicyclic) bond motifs is 1. The van der Waals surface area contributed by atoms with E-state index in [4.69, 9.17) is 0 Å². The average molecular weight is 251 g/mol. The van der Waals surface area contributed by atoms with Gasteiger partial charge in [0.1, 0.15) is 5.82 Å². The Labute approximate surface area is 112 Å². The second kappa shape index (κ2) is 4.84. The van der Waals surface area contributed by atoms with Crippen LogP contribution in [-0.4, -0.2) is 15.0 Å². The first-order chi connectivity index (χ1) is 9.20. The van der Waals surface area contributed by atoms with Crippen molar-refractivity contribution in [2.24, 2.45) is 0 Å². The number of nitrogens with one attached hydrogen (secondary N) is 1. The lowest BCUT2D eigenvalue weighted by Crippen LogP contribution is -1.95. The zero-order valence-electron chi connectivity index (χ0n) is 11.3. The molecule has 96 valence electrons. The van der Waals surface area contributed by atoms with E-state index in [1.807, 2.05) is 19.9 Å². The van der Waals surface area contributed by atoms with Crippen molar-refractivity contribution in [1.29, 1.82) is 0 Å². The van der Waals surface area contributed by atoms with E-state index in [0.29, 0.717) is 0 Å². The summed E-state index contributed by atoms with van der Waals surface area (Å²) in [4.78, 5) is 12.2. The number of imidazole rings is 1. The Hall–Kier alpha value is -2.16. The minimum atomic E-state index is 0.965. The molecule has 3 nitrogen and oxygen atoms in total. The number of aromatic amines is 1. The van der Waals surface area contributed by atoms with Gasteiger partial charge in [-0.25, -0.2) is 4.98 Å². The largest absolute Gasteiger partial charge is 0.342 e. The summed E-state index contributed by atoms with van der Waals surface area (Å²) in [7, 11) is 0. The minimum Gasteiger partial charge on any atom is -0.342 e. The Morgan fingerprint density at radius 3 is 2.74 bits per heavy atom. The van der Waals surface area contributed by atoms with Crippen LogP contribution < -0.4 is 0 Å². The maximum atomic E-state index is 4.53. The van der Waals surface area contributed by atoms with Crippen LogP contribution in [0.1, 0.15) is 22.8 Å². The maximum absolute atomic E-state index is 4.53. The molecule has 3 heteroatoms. The zero-order valence-corrected chi connectivity index (χ0v) is 11.3. The van der Waals surface area contributed by atoms with Crippen LogP contribution in [0, 0.1) is 13.8 Å². The Morgan fingerprint density at radius 2 is 1.89 bits per heavy atom. The standard InChI is InChI=1S/C16H17N3/c1-11-4-3-5-14(17-11)8-6-13-7-9-15-16(10-13)19-12(2)18-15/h3-5,7,9-10H,6,8H2,1-2H3,(H,18,19). The molecule has 0 bridgehead atoms. The zero-order chi connectivity index (χ0) is 13.2. The second-order valence-corrected chi connectivity index (χ2v) is 4.94. The number of aromatic nitrogens is 3. The van der Waals surface area contributed by atoms with Crippen molar-refractivity contribution in [3.63, 3.8) is 0 Å². The molecular formula is C16H17N3. The van der Waals surface area contributed by atoms with Crippen LogP contribution in [0.15, 0.2) is 36.4 Å². The predicted octanol–water partition coefficient (Wildman–Crippen LogP) is 3.36. The molecule has 1 N–H and O–H groups in total. The summed E-state index contributed by atoms with van der Waals surface area (Å²) >= 11 is 0. The summed E-state index contributed by atoms with van der Waals surface area (Å²) in [6.07, 6.45) is 1.98. The van der Waals surface area contributed by atoms with E-state index < -0.39 is 0 Å². The first-order valence-electron chi connectivity index (χ1n) is 6.58. The molecule has 0 aliphatic rings. The summed E-state index contributed by atoms with van der Waals surface area (Å²) < 4.78 is 0. The third kappa shape index (κ3) is 2.65. The molecule has 0 saturated carbocycles. The molecule has 1 aromatic carbocycles. The lowest BCUT2D eigenvalue weighted by molar-refractivity contribution is 0.904. The molecule has 0 aliphatic heterocycles. The van der Waals surface area contributed by atoms with Crippen LogP contribution in [0.2, 0.25) is 0 Å². The quantitative estimate of drug-likeness (QED) is 0.775. The molecular weight excluding hydrogens is 234 g/mol. The summed E-state index contributed by atoms with van der Waals surface area (Å²) in [5.41, 5.74) is 5.71. The van der Waals surface area contributed by atoms with Crippen molar-refractivity contribution in [2.75, 3.05) is 0 Å². The van der Waals surface area contributed by atoms with Gasteiger partial charge in [-0.3, -0.25) is 4.98 Å². The fraction of sp³-hybridized carbons (Fsp3) is 0.250. The SMILES string of the molecule is Cc1cccc(CCc2ccc3nc(C)[nH]c3c2)n1. The number of rotatable bonds is 3. The molecule has 0 saturated heterocycles. The van der Waals surface area contributed by atoms with Gasteiger partial charge in [-0.15, -0.1) is 0 Å². The van der Waals surface area contributed by atoms with Gasteiger partial charge in [0, 0.05) is 11.4 Å². The summed E-state index contributed by atoms with van der Waals surface area (Å²) in [6, 6.07) is 12.6. The highest BCUT2D eigenvalue weighted by molar-refractivity contribution is 5.75. The lowest BCUT2D eigenvalue weighted by atomic mass is 10.1. The van der Waals surface area contributed by atoms with E-state index in [-0.39, 0.29) is 0 Å². The Kier molecular flexibility index (Phi) is 3.03. The van der Waals surface area contributed by atoms with Gasteiger partial charge in [0.2, 0.25) is 0 Å². The van der Waals surface area contributed by atoms with Gasteiger partial charge in [-0.05, 0) is 56.5 Å². The van der Waals surface area contributed by atoms with Crippen LogP contribution >= 0.6 is 0 Å². The molecule has 0 atom stereocenters. The van der Waals surface area contributed by atoms with Gasteiger partial charge in [-0.1, -0.05) is 12.1 Å². The number of hydrogen-bond donors (Lipinski definition) is 1. The van der Waals surface area contributed by atoms with E-state index in [9.17, 15) is 0 Å². The Balaban J connectivity index is 1.78. The van der Waals surface area contributed by atoms with Crippen LogP contribution in [0.5, 0.6) is 0 Å². The van der Waals surface area contributed by atoms with E-state index in [0.717, 1.165) is 41.1 Å². The number of hydrogen-bond acceptors (Lipinski definition) is 2. The minimum absolute atomic E-state index is 0.965. The van der Waals surface area contributed by atoms with Crippen molar-refractivity contribution >= 4 is 11.0 Å². The predicted molar refractivity (Wildman–Crippen MR) is 77.2 cm³/mol. The van der Waals surface area contributed by atoms with Crippen LogP contribution in [-0.2, 0) is 12.8 Å². The van der Waals surface area contributed by atoms with Gasteiger partial charge in [0.25, 0.3) is 0 Å². The number of benzene rings is 1. The first-order valence-corrected chi connectivity index (χ1v) is 6.58. The maximum Gasteiger partial charge on any atom is 0.104 e. The Bertz CT molecular complexity index is 713. The summed E-state index contributed by atoms with van der Waals surface area (Å²) in [5.74, 6) is 0.965. The van der Waals surface area contributed by atoms with Gasteiger partial charge in [0.05, 0.1) is 11.0 Å². The van der Waals surface area contributed by atoms with Gasteiger partial charge in [0.15, 0.2) is 0 Å². The molecule has 19 heavy (non-hydrogen) atoms. The molecule has 0 radical (unpaired) electrons. The van der Waals surface area contributed by atoms with Gasteiger partial charge < -0.3 is 4.98 Å². The summed E-state index contributed by atoms with van der Waals surface area (Å²) in [5, 5.41) is 0. The topological polar surface area (TPSA) is 41.6 Å². The second-order valence-electron chi connectivity index (χ2n) is 4.94. The van der Waals surface area contributed by atoms with Crippen LogP contribution in [0.4, 0.5) is 0 Å². The fourth-order valence-electron chi connectivity index (χ4n) is 2.35. The molecule has 0 unspecified atom stereocenters. The highest BCUT2D eigenvalue weighted by Gasteiger charge is 2.02. The van der Waals surface area contributed by atoms with Crippen molar-refractivity contribution in [1.82, 2.24) is 15.0 Å². The molecule has 0 amide bonds. The number of aryl methyl sites for hydroxylation is 4. The highest BCUT2D eigenvalue weighted by Crippen LogP contribution is 2.15. The van der Waals surface area contributed by atoms with Crippen molar-refractivity contribution in [3.8, 4) is 0 Å². The first kappa shape index (κ1) is 11.9. The molecule has 3 aromatic rings. The Morgan fingerprint density at radius 1 is 1.00 bits per heavy atom. The highest BCUT2D eigenvalue weighted by atomic mass is 14.9. The monoisotopic (exact) mass is 251 g/mol. The van der Waals surface area contributed by atoms with Gasteiger partial charge >= 0.3 is 0 Å². The number of nitrogens with zero attached hydrogens (tertiary/aromatic N) is 2. The third-order valence-corrected chi connectivity index (χ3v) is 3.28. The number of H-pyrrole nitrogens is 1.